The van der Waals surface area contributed by atoms with Gasteiger partial charge in [0.15, 0.2) is 0 Å². The zero-order valence-electron chi connectivity index (χ0n) is 14.6. The van der Waals surface area contributed by atoms with E-state index in [0.29, 0.717) is 5.13 Å². The predicted octanol–water partition coefficient (Wildman–Crippen LogP) is 4.38. The molecule has 2 heterocycles. The summed E-state index contributed by atoms with van der Waals surface area (Å²) in [5.41, 5.74) is 3.95. The Hall–Kier alpha value is -2.21. The minimum absolute atomic E-state index is 0.0726. The molecule has 0 aliphatic carbocycles. The maximum atomic E-state index is 12.3. The zero-order valence-corrected chi connectivity index (χ0v) is 15.4. The van der Waals surface area contributed by atoms with Crippen molar-refractivity contribution >= 4 is 33.3 Å². The number of benzene rings is 1. The number of carbonyl (C=O) groups excluding carboxylic acids is 1. The Bertz CT molecular complexity index is 903. The van der Waals surface area contributed by atoms with Gasteiger partial charge < -0.3 is 9.73 Å². The highest BCUT2D eigenvalue weighted by molar-refractivity contribution is 7.15. The smallest absolute Gasteiger partial charge is 0.230 e. The Morgan fingerprint density at radius 1 is 1.25 bits per heavy atom. The summed E-state index contributed by atoms with van der Waals surface area (Å²) in [6, 6.07) is 4.06. The van der Waals surface area contributed by atoms with Crippen molar-refractivity contribution in [2.75, 3.05) is 5.32 Å². The molecule has 1 N–H and O–H groups in total. The summed E-state index contributed by atoms with van der Waals surface area (Å²) in [5.74, 6) is -0.118. The number of amides is 1. The molecule has 1 amide bonds. The summed E-state index contributed by atoms with van der Waals surface area (Å²) in [4.78, 5) is 12.3. The van der Waals surface area contributed by atoms with Crippen LogP contribution < -0.4 is 5.32 Å². The number of anilines is 1. The van der Waals surface area contributed by atoms with Gasteiger partial charge >= 0.3 is 0 Å². The van der Waals surface area contributed by atoms with Crippen LogP contribution in [0.15, 0.2) is 22.8 Å². The lowest BCUT2D eigenvalue weighted by Gasteiger charge is -2.12. The molecule has 0 aliphatic rings. The molecule has 0 fully saturated rings. The zero-order chi connectivity index (χ0) is 17.5. The third-order valence-electron chi connectivity index (χ3n) is 4.01. The molecule has 3 aromatic rings. The van der Waals surface area contributed by atoms with E-state index in [2.05, 4.69) is 42.4 Å². The SMILES string of the molecule is Cc1ccc2c(CC(=O)Nc3nnc(C(C)(C)C)s3)coc2c1C. The van der Waals surface area contributed by atoms with E-state index >= 15 is 0 Å². The highest BCUT2D eigenvalue weighted by Crippen LogP contribution is 2.29. The summed E-state index contributed by atoms with van der Waals surface area (Å²) in [5, 5.41) is 13.4. The molecule has 126 valence electrons. The van der Waals surface area contributed by atoms with Crippen LogP contribution in [0.5, 0.6) is 0 Å². The minimum Gasteiger partial charge on any atom is -0.464 e. The quantitative estimate of drug-likeness (QED) is 0.766. The maximum absolute atomic E-state index is 12.3. The van der Waals surface area contributed by atoms with E-state index in [4.69, 9.17) is 4.42 Å². The van der Waals surface area contributed by atoms with Crippen molar-refractivity contribution in [1.29, 1.82) is 0 Å². The van der Waals surface area contributed by atoms with Crippen molar-refractivity contribution in [3.63, 3.8) is 0 Å². The van der Waals surface area contributed by atoms with E-state index in [-0.39, 0.29) is 17.7 Å². The van der Waals surface area contributed by atoms with Gasteiger partial charge in [-0.15, -0.1) is 10.2 Å². The number of hydrogen-bond acceptors (Lipinski definition) is 5. The first kappa shape index (κ1) is 16.6. The fourth-order valence-electron chi connectivity index (χ4n) is 2.44. The van der Waals surface area contributed by atoms with Crippen molar-refractivity contribution < 1.29 is 9.21 Å². The third kappa shape index (κ3) is 3.19. The van der Waals surface area contributed by atoms with Crippen LogP contribution in [0.25, 0.3) is 11.0 Å². The molecular weight excluding hydrogens is 322 g/mol. The van der Waals surface area contributed by atoms with E-state index < -0.39 is 0 Å². The maximum Gasteiger partial charge on any atom is 0.230 e. The number of furan rings is 1. The van der Waals surface area contributed by atoms with Gasteiger partial charge in [-0.2, -0.15) is 0 Å². The average molecular weight is 343 g/mol. The van der Waals surface area contributed by atoms with E-state index in [9.17, 15) is 4.79 Å². The fourth-order valence-corrected chi connectivity index (χ4v) is 3.26. The molecule has 2 aromatic heterocycles. The molecule has 0 saturated carbocycles. The van der Waals surface area contributed by atoms with Crippen molar-refractivity contribution in [2.45, 2.75) is 46.5 Å². The van der Waals surface area contributed by atoms with Gasteiger partial charge in [-0.05, 0) is 25.0 Å². The molecular formula is C18H21N3O2S. The first-order valence-corrected chi connectivity index (χ1v) is 8.67. The lowest BCUT2D eigenvalue weighted by Crippen LogP contribution is -2.14. The number of hydrogen-bond donors (Lipinski definition) is 1. The van der Waals surface area contributed by atoms with Crippen LogP contribution in [0.2, 0.25) is 0 Å². The summed E-state index contributed by atoms with van der Waals surface area (Å²) in [6.45, 7) is 10.3. The number of rotatable bonds is 3. The number of nitrogens with zero attached hydrogens (tertiary/aromatic N) is 2. The van der Waals surface area contributed by atoms with Gasteiger partial charge in [0.1, 0.15) is 10.6 Å². The van der Waals surface area contributed by atoms with Crippen LogP contribution >= 0.6 is 11.3 Å². The molecule has 0 spiro atoms. The normalized spacial score (nSPS) is 11.9. The van der Waals surface area contributed by atoms with Crippen LogP contribution in [0.1, 0.15) is 42.5 Å². The molecule has 0 bridgehead atoms. The first-order valence-electron chi connectivity index (χ1n) is 7.86. The number of aryl methyl sites for hydroxylation is 2. The van der Waals surface area contributed by atoms with Gasteiger partial charge in [0.2, 0.25) is 11.0 Å². The molecule has 1 aromatic carbocycles. The number of fused-ring (bicyclic) bond motifs is 1. The molecule has 0 saturated heterocycles. The summed E-state index contributed by atoms with van der Waals surface area (Å²) >= 11 is 1.41. The van der Waals surface area contributed by atoms with Crippen LogP contribution in [0.3, 0.4) is 0 Å². The minimum atomic E-state index is -0.118. The molecule has 0 atom stereocenters. The van der Waals surface area contributed by atoms with Crippen molar-refractivity contribution in [2.24, 2.45) is 0 Å². The highest BCUT2D eigenvalue weighted by Gasteiger charge is 2.20. The number of carbonyl (C=O) groups is 1. The van der Waals surface area contributed by atoms with Gasteiger partial charge in [-0.25, -0.2) is 0 Å². The van der Waals surface area contributed by atoms with Crippen LogP contribution in [0, 0.1) is 13.8 Å². The summed E-state index contributed by atoms with van der Waals surface area (Å²) < 4.78 is 5.66. The highest BCUT2D eigenvalue weighted by atomic mass is 32.1. The van der Waals surface area contributed by atoms with Crippen LogP contribution in [0.4, 0.5) is 5.13 Å². The second-order valence-corrected chi connectivity index (χ2v) is 8.01. The largest absolute Gasteiger partial charge is 0.464 e. The molecule has 0 radical (unpaired) electrons. The molecule has 0 unspecified atom stereocenters. The van der Waals surface area contributed by atoms with E-state index in [0.717, 1.165) is 27.1 Å². The fraction of sp³-hybridized carbons (Fsp3) is 0.389. The molecule has 3 rings (SSSR count). The van der Waals surface area contributed by atoms with Gasteiger partial charge in [0.25, 0.3) is 0 Å². The Kier molecular flexibility index (Phi) is 4.17. The summed E-state index contributed by atoms with van der Waals surface area (Å²) in [6.07, 6.45) is 1.91. The lowest BCUT2D eigenvalue weighted by molar-refractivity contribution is -0.115. The van der Waals surface area contributed by atoms with Crippen LogP contribution in [-0.2, 0) is 16.6 Å². The van der Waals surface area contributed by atoms with E-state index in [1.807, 2.05) is 19.9 Å². The van der Waals surface area contributed by atoms with Crippen molar-refractivity contribution in [3.8, 4) is 0 Å². The Morgan fingerprint density at radius 3 is 2.67 bits per heavy atom. The van der Waals surface area contributed by atoms with Crippen LogP contribution in [-0.4, -0.2) is 16.1 Å². The molecule has 0 aliphatic heterocycles. The molecule has 5 nitrogen and oxygen atoms in total. The number of nitrogens with one attached hydrogen (secondary N) is 1. The Balaban J connectivity index is 1.76. The standard InChI is InChI=1S/C18H21N3O2S/c1-10-6-7-13-12(9-23-15(13)11(10)2)8-14(22)19-17-21-20-16(24-17)18(3,4)5/h6-7,9H,8H2,1-5H3,(H,19,21,22). The first-order chi connectivity index (χ1) is 11.3. The topological polar surface area (TPSA) is 68.0 Å². The Morgan fingerprint density at radius 2 is 2.00 bits per heavy atom. The second-order valence-electron chi connectivity index (χ2n) is 7.03. The van der Waals surface area contributed by atoms with Crippen molar-refractivity contribution in [3.05, 3.63) is 40.1 Å². The van der Waals surface area contributed by atoms with Crippen molar-refractivity contribution in [1.82, 2.24) is 10.2 Å². The third-order valence-corrected chi connectivity index (χ3v) is 5.27. The number of aromatic nitrogens is 2. The summed E-state index contributed by atoms with van der Waals surface area (Å²) in [7, 11) is 0. The van der Waals surface area contributed by atoms with Gasteiger partial charge in [0.05, 0.1) is 12.7 Å². The molecule has 6 heteroatoms. The average Bonchev–Trinajstić information content (AvgIpc) is 3.10. The second kappa shape index (κ2) is 6.02. The van der Waals surface area contributed by atoms with E-state index in [1.165, 1.54) is 16.9 Å². The lowest BCUT2D eigenvalue weighted by atomic mass is 9.98. The monoisotopic (exact) mass is 343 g/mol. The Labute approximate surface area is 145 Å². The van der Waals surface area contributed by atoms with Gasteiger partial charge in [-0.3, -0.25) is 4.79 Å². The van der Waals surface area contributed by atoms with Gasteiger partial charge in [0, 0.05) is 16.4 Å². The predicted molar refractivity (Wildman–Crippen MR) is 96.6 cm³/mol. The molecule has 24 heavy (non-hydrogen) atoms. The van der Waals surface area contributed by atoms with Gasteiger partial charge in [-0.1, -0.05) is 44.2 Å². The van der Waals surface area contributed by atoms with E-state index in [1.54, 1.807) is 6.26 Å².